The fraction of sp³-hybridized carbons (Fsp3) is 0.600. The minimum Gasteiger partial charge on any atom is -0.396 e. The summed E-state index contributed by atoms with van der Waals surface area (Å²) in [5.74, 6) is 1.69. The second-order valence-electron chi connectivity index (χ2n) is 5.07. The van der Waals surface area contributed by atoms with Crippen LogP contribution in [0.4, 0.5) is 0 Å². The number of hydrogen-bond donors (Lipinski definition) is 2. The van der Waals surface area contributed by atoms with Gasteiger partial charge in [0.05, 0.1) is 0 Å². The number of rotatable bonds is 5. The second kappa shape index (κ2) is 7.17. The average molecular weight is 265 g/mol. The molecular formula is C15H23NOS. The lowest BCUT2D eigenvalue weighted by Crippen LogP contribution is -2.38. The Hall–Kier alpha value is -0.510. The SMILES string of the molecule is NC1CCC(c2ccccc2)CC1SCCCO. The van der Waals surface area contributed by atoms with Gasteiger partial charge in [0.15, 0.2) is 0 Å². The molecule has 0 bridgehead atoms. The Labute approximate surface area is 114 Å². The van der Waals surface area contributed by atoms with Gasteiger partial charge in [-0.15, -0.1) is 0 Å². The molecule has 1 aliphatic rings. The molecule has 0 saturated heterocycles. The molecule has 1 aromatic rings. The highest BCUT2D eigenvalue weighted by Gasteiger charge is 2.28. The molecule has 100 valence electrons. The molecule has 1 fully saturated rings. The molecule has 0 aliphatic heterocycles. The Balaban J connectivity index is 1.91. The maximum absolute atomic E-state index is 8.85. The quantitative estimate of drug-likeness (QED) is 0.805. The van der Waals surface area contributed by atoms with E-state index in [0.29, 0.717) is 17.2 Å². The van der Waals surface area contributed by atoms with Crippen molar-refractivity contribution >= 4 is 11.8 Å². The minimum atomic E-state index is 0.289. The third-order valence-electron chi connectivity index (χ3n) is 3.75. The highest BCUT2D eigenvalue weighted by atomic mass is 32.2. The molecule has 1 aromatic carbocycles. The molecule has 0 amide bonds. The van der Waals surface area contributed by atoms with E-state index in [4.69, 9.17) is 10.8 Å². The van der Waals surface area contributed by atoms with Crippen LogP contribution in [0.2, 0.25) is 0 Å². The number of benzene rings is 1. The third kappa shape index (κ3) is 3.74. The van der Waals surface area contributed by atoms with Crippen molar-refractivity contribution in [1.82, 2.24) is 0 Å². The fourth-order valence-corrected chi connectivity index (χ4v) is 4.02. The Kier molecular flexibility index (Phi) is 5.54. The molecular weight excluding hydrogens is 242 g/mol. The van der Waals surface area contributed by atoms with E-state index in [2.05, 4.69) is 30.3 Å². The molecule has 3 N–H and O–H groups in total. The van der Waals surface area contributed by atoms with Crippen LogP contribution >= 0.6 is 11.8 Å². The normalized spacial score (nSPS) is 28.2. The van der Waals surface area contributed by atoms with Gasteiger partial charge >= 0.3 is 0 Å². The summed E-state index contributed by atoms with van der Waals surface area (Å²) in [6.07, 6.45) is 4.39. The maximum Gasteiger partial charge on any atom is 0.0438 e. The van der Waals surface area contributed by atoms with Crippen molar-refractivity contribution in [3.05, 3.63) is 35.9 Å². The van der Waals surface area contributed by atoms with Crippen molar-refractivity contribution in [3.63, 3.8) is 0 Å². The van der Waals surface area contributed by atoms with Gasteiger partial charge in [0.1, 0.15) is 0 Å². The van der Waals surface area contributed by atoms with Gasteiger partial charge in [-0.05, 0) is 42.9 Å². The van der Waals surface area contributed by atoms with E-state index in [1.54, 1.807) is 0 Å². The molecule has 0 radical (unpaired) electrons. The van der Waals surface area contributed by atoms with Crippen LogP contribution in [-0.2, 0) is 0 Å². The molecule has 0 spiro atoms. The van der Waals surface area contributed by atoms with Gasteiger partial charge in [-0.1, -0.05) is 30.3 Å². The Bertz CT molecular complexity index is 344. The zero-order valence-corrected chi connectivity index (χ0v) is 11.6. The first-order valence-electron chi connectivity index (χ1n) is 6.84. The largest absolute Gasteiger partial charge is 0.396 e. The van der Waals surface area contributed by atoms with Crippen LogP contribution in [0.1, 0.15) is 37.2 Å². The molecule has 3 atom stereocenters. The summed E-state index contributed by atoms with van der Waals surface area (Å²) in [4.78, 5) is 0. The number of aliphatic hydroxyl groups excluding tert-OH is 1. The van der Waals surface area contributed by atoms with Crippen molar-refractivity contribution in [1.29, 1.82) is 0 Å². The summed E-state index contributed by atoms with van der Waals surface area (Å²) in [6.45, 7) is 0.289. The molecule has 3 unspecified atom stereocenters. The molecule has 18 heavy (non-hydrogen) atoms. The zero-order chi connectivity index (χ0) is 12.8. The average Bonchev–Trinajstić information content (AvgIpc) is 2.42. The van der Waals surface area contributed by atoms with E-state index in [9.17, 15) is 0 Å². The standard InChI is InChI=1S/C15H23NOS/c16-14-8-7-13(12-5-2-1-3-6-12)11-15(14)18-10-4-9-17/h1-3,5-6,13-15,17H,4,7-11,16H2. The topological polar surface area (TPSA) is 46.2 Å². The summed E-state index contributed by atoms with van der Waals surface area (Å²) >= 11 is 1.94. The first-order valence-corrected chi connectivity index (χ1v) is 7.89. The molecule has 0 heterocycles. The van der Waals surface area contributed by atoms with Crippen LogP contribution in [-0.4, -0.2) is 28.8 Å². The van der Waals surface area contributed by atoms with Crippen LogP contribution in [0.25, 0.3) is 0 Å². The van der Waals surface area contributed by atoms with Gasteiger partial charge in [-0.25, -0.2) is 0 Å². The van der Waals surface area contributed by atoms with Crippen LogP contribution in [0.15, 0.2) is 30.3 Å². The van der Waals surface area contributed by atoms with Crippen molar-refractivity contribution in [2.24, 2.45) is 5.73 Å². The summed E-state index contributed by atoms with van der Waals surface area (Å²) < 4.78 is 0. The summed E-state index contributed by atoms with van der Waals surface area (Å²) in [5, 5.41) is 9.40. The lowest BCUT2D eigenvalue weighted by Gasteiger charge is -2.34. The van der Waals surface area contributed by atoms with Crippen LogP contribution in [0.3, 0.4) is 0 Å². The van der Waals surface area contributed by atoms with Crippen LogP contribution in [0, 0.1) is 0 Å². The van der Waals surface area contributed by atoms with Gasteiger partial charge < -0.3 is 10.8 Å². The van der Waals surface area contributed by atoms with E-state index in [1.807, 2.05) is 11.8 Å². The number of thioether (sulfide) groups is 1. The number of nitrogens with two attached hydrogens (primary N) is 1. The maximum atomic E-state index is 8.85. The Morgan fingerprint density at radius 2 is 2.00 bits per heavy atom. The first kappa shape index (κ1) is 13.9. The fourth-order valence-electron chi connectivity index (χ4n) is 2.67. The second-order valence-corrected chi connectivity index (χ2v) is 6.42. The minimum absolute atomic E-state index is 0.289. The monoisotopic (exact) mass is 265 g/mol. The molecule has 1 aliphatic carbocycles. The van der Waals surface area contributed by atoms with Crippen molar-refractivity contribution in [2.75, 3.05) is 12.4 Å². The van der Waals surface area contributed by atoms with Gasteiger partial charge in [0.25, 0.3) is 0 Å². The predicted molar refractivity (Wildman–Crippen MR) is 79.0 cm³/mol. The van der Waals surface area contributed by atoms with E-state index >= 15 is 0 Å². The number of hydrogen-bond acceptors (Lipinski definition) is 3. The smallest absolute Gasteiger partial charge is 0.0438 e. The molecule has 3 heteroatoms. The number of aliphatic hydroxyl groups is 1. The molecule has 2 rings (SSSR count). The molecule has 2 nitrogen and oxygen atoms in total. The van der Waals surface area contributed by atoms with E-state index in [0.717, 1.165) is 18.6 Å². The van der Waals surface area contributed by atoms with E-state index in [1.165, 1.54) is 18.4 Å². The summed E-state index contributed by atoms with van der Waals surface area (Å²) in [5.41, 5.74) is 7.67. The highest BCUT2D eigenvalue weighted by Crippen LogP contribution is 2.37. The lowest BCUT2D eigenvalue weighted by atomic mass is 9.82. The van der Waals surface area contributed by atoms with Crippen LogP contribution in [0.5, 0.6) is 0 Å². The first-order chi connectivity index (χ1) is 8.81. The zero-order valence-electron chi connectivity index (χ0n) is 10.8. The molecule has 0 aromatic heterocycles. The van der Waals surface area contributed by atoms with Crippen LogP contribution < -0.4 is 5.73 Å². The van der Waals surface area contributed by atoms with Gasteiger partial charge in [0.2, 0.25) is 0 Å². The third-order valence-corrected chi connectivity index (χ3v) is 5.24. The van der Waals surface area contributed by atoms with Crippen molar-refractivity contribution in [3.8, 4) is 0 Å². The summed E-state index contributed by atoms with van der Waals surface area (Å²) in [6, 6.07) is 11.1. The van der Waals surface area contributed by atoms with Crippen molar-refractivity contribution in [2.45, 2.75) is 42.9 Å². The van der Waals surface area contributed by atoms with Gasteiger partial charge in [-0.3, -0.25) is 0 Å². The van der Waals surface area contributed by atoms with E-state index < -0.39 is 0 Å². The highest BCUT2D eigenvalue weighted by molar-refractivity contribution is 7.99. The van der Waals surface area contributed by atoms with E-state index in [-0.39, 0.29) is 6.61 Å². The van der Waals surface area contributed by atoms with Gasteiger partial charge in [-0.2, -0.15) is 11.8 Å². The Morgan fingerprint density at radius 1 is 1.22 bits per heavy atom. The van der Waals surface area contributed by atoms with Crippen molar-refractivity contribution < 1.29 is 5.11 Å². The summed E-state index contributed by atoms with van der Waals surface area (Å²) in [7, 11) is 0. The Morgan fingerprint density at radius 3 is 2.72 bits per heavy atom. The predicted octanol–water partition coefficient (Wildman–Crippen LogP) is 2.77. The molecule has 1 saturated carbocycles. The lowest BCUT2D eigenvalue weighted by molar-refractivity contribution is 0.296. The van der Waals surface area contributed by atoms with Gasteiger partial charge in [0, 0.05) is 17.9 Å².